The summed E-state index contributed by atoms with van der Waals surface area (Å²) in [7, 11) is 3.79. The maximum Gasteiger partial charge on any atom is 0.161 e. The Morgan fingerprint density at radius 3 is 2.67 bits per heavy atom. The smallest absolute Gasteiger partial charge is 0.161 e. The molecule has 0 amide bonds. The predicted octanol–water partition coefficient (Wildman–Crippen LogP) is 3.35. The van der Waals surface area contributed by atoms with E-state index in [9.17, 15) is 0 Å². The van der Waals surface area contributed by atoms with Crippen LogP contribution in [0, 0.1) is 0 Å². The van der Waals surface area contributed by atoms with E-state index in [1.807, 2.05) is 36.4 Å². The first-order chi connectivity index (χ1) is 13.1. The lowest BCUT2D eigenvalue weighted by Crippen LogP contribution is -2.44. The molecule has 27 heavy (non-hydrogen) atoms. The molecular weight excluding hydrogens is 364 g/mol. The molecule has 0 saturated carbocycles. The van der Waals surface area contributed by atoms with Crippen molar-refractivity contribution in [2.75, 3.05) is 40.4 Å². The molecule has 1 heterocycles. The molecule has 2 aromatic carbocycles. The van der Waals surface area contributed by atoms with Crippen molar-refractivity contribution in [3.8, 4) is 11.5 Å². The van der Waals surface area contributed by atoms with Gasteiger partial charge in [0, 0.05) is 31.2 Å². The number of methoxy groups -OCH3 is 1. The lowest BCUT2D eigenvalue weighted by Gasteiger charge is -2.30. The van der Waals surface area contributed by atoms with E-state index in [1.165, 1.54) is 0 Å². The van der Waals surface area contributed by atoms with E-state index in [0.717, 1.165) is 60.4 Å². The van der Waals surface area contributed by atoms with Crippen molar-refractivity contribution < 1.29 is 14.2 Å². The topological polar surface area (TPSA) is 43.0 Å². The van der Waals surface area contributed by atoms with Crippen molar-refractivity contribution in [2.45, 2.75) is 19.3 Å². The van der Waals surface area contributed by atoms with Gasteiger partial charge in [0.15, 0.2) is 11.5 Å². The first kappa shape index (κ1) is 20.0. The Balaban J connectivity index is 1.51. The van der Waals surface area contributed by atoms with Crippen LogP contribution < -0.4 is 14.8 Å². The fraction of sp³-hybridized carbons (Fsp3) is 0.429. The molecule has 1 saturated heterocycles. The maximum absolute atomic E-state index is 5.92. The Hall–Kier alpha value is -1.79. The van der Waals surface area contributed by atoms with E-state index in [1.54, 1.807) is 7.11 Å². The number of morpholine rings is 1. The average molecular weight is 391 g/mol. The predicted molar refractivity (Wildman–Crippen MR) is 108 cm³/mol. The minimum atomic E-state index is 0.243. The largest absolute Gasteiger partial charge is 0.493 e. The third-order valence-electron chi connectivity index (χ3n) is 4.58. The summed E-state index contributed by atoms with van der Waals surface area (Å²) in [4.78, 5) is 2.30. The number of nitrogens with one attached hydrogen (secondary N) is 1. The lowest BCUT2D eigenvalue weighted by atomic mass is 10.2. The molecule has 0 spiro atoms. The summed E-state index contributed by atoms with van der Waals surface area (Å²) in [6, 6.07) is 13.7. The second-order valence-corrected chi connectivity index (χ2v) is 7.22. The summed E-state index contributed by atoms with van der Waals surface area (Å²) in [5.74, 6) is 1.46. The number of benzene rings is 2. The van der Waals surface area contributed by atoms with Crippen molar-refractivity contribution in [1.82, 2.24) is 10.2 Å². The van der Waals surface area contributed by atoms with Crippen LogP contribution in [0.4, 0.5) is 0 Å². The highest BCUT2D eigenvalue weighted by Gasteiger charge is 2.17. The fourth-order valence-electron chi connectivity index (χ4n) is 3.05. The molecule has 6 heteroatoms. The Bertz CT molecular complexity index is 724. The van der Waals surface area contributed by atoms with Gasteiger partial charge in [0.25, 0.3) is 0 Å². The van der Waals surface area contributed by atoms with E-state index in [4.69, 9.17) is 25.8 Å². The van der Waals surface area contributed by atoms with Crippen LogP contribution in [0.25, 0.3) is 0 Å². The normalized spacial score (nSPS) is 17.7. The van der Waals surface area contributed by atoms with Crippen molar-refractivity contribution in [3.05, 3.63) is 58.6 Å². The molecule has 1 aliphatic rings. The van der Waals surface area contributed by atoms with Crippen molar-refractivity contribution in [3.63, 3.8) is 0 Å². The molecule has 0 aromatic heterocycles. The quantitative estimate of drug-likeness (QED) is 0.748. The number of hydrogen-bond acceptors (Lipinski definition) is 5. The summed E-state index contributed by atoms with van der Waals surface area (Å²) >= 11 is 5.92. The summed E-state index contributed by atoms with van der Waals surface area (Å²) in [6.07, 6.45) is 0.243. The standard InChI is InChI=1S/C21H27ClN2O3/c1-24-9-10-26-19(14-24)13-23-12-17-5-8-20(21(11-17)25-2)27-15-16-3-6-18(22)7-4-16/h3-8,11,19,23H,9-10,12-15H2,1-2H3. The summed E-state index contributed by atoms with van der Waals surface area (Å²) in [6.45, 7) is 4.84. The summed E-state index contributed by atoms with van der Waals surface area (Å²) in [5.41, 5.74) is 2.21. The van der Waals surface area contributed by atoms with Gasteiger partial charge in [-0.1, -0.05) is 29.8 Å². The van der Waals surface area contributed by atoms with Gasteiger partial charge in [-0.05, 0) is 42.4 Å². The zero-order valence-electron chi connectivity index (χ0n) is 15.9. The molecule has 1 unspecified atom stereocenters. The van der Waals surface area contributed by atoms with Crippen LogP contribution in [0.2, 0.25) is 5.02 Å². The Labute approximate surface area is 166 Å². The van der Waals surface area contributed by atoms with Gasteiger partial charge in [0.05, 0.1) is 19.8 Å². The van der Waals surface area contributed by atoms with Crippen LogP contribution in [0.3, 0.4) is 0 Å². The molecule has 0 bridgehead atoms. The molecule has 1 N–H and O–H groups in total. The molecule has 5 nitrogen and oxygen atoms in total. The van der Waals surface area contributed by atoms with Gasteiger partial charge in [-0.25, -0.2) is 0 Å². The first-order valence-corrected chi connectivity index (χ1v) is 9.57. The van der Waals surface area contributed by atoms with Crippen molar-refractivity contribution in [1.29, 1.82) is 0 Å². The van der Waals surface area contributed by atoms with Gasteiger partial charge in [-0.2, -0.15) is 0 Å². The van der Waals surface area contributed by atoms with Crippen LogP contribution in [0.5, 0.6) is 11.5 Å². The highest BCUT2D eigenvalue weighted by atomic mass is 35.5. The molecule has 1 aliphatic heterocycles. The van der Waals surface area contributed by atoms with Crippen LogP contribution in [0.1, 0.15) is 11.1 Å². The molecule has 0 radical (unpaired) electrons. The third-order valence-corrected chi connectivity index (χ3v) is 4.83. The van der Waals surface area contributed by atoms with E-state index in [-0.39, 0.29) is 6.10 Å². The molecular formula is C21H27ClN2O3. The lowest BCUT2D eigenvalue weighted by molar-refractivity contribution is -0.0182. The number of nitrogens with zero attached hydrogens (tertiary/aromatic N) is 1. The highest BCUT2D eigenvalue weighted by molar-refractivity contribution is 6.30. The van der Waals surface area contributed by atoms with Crippen molar-refractivity contribution >= 4 is 11.6 Å². The van der Waals surface area contributed by atoms with E-state index in [0.29, 0.717) is 6.61 Å². The number of likely N-dealkylation sites (N-methyl/N-ethyl adjacent to an activating group) is 1. The summed E-state index contributed by atoms with van der Waals surface area (Å²) in [5, 5.41) is 4.19. The first-order valence-electron chi connectivity index (χ1n) is 9.19. The van der Waals surface area contributed by atoms with Gasteiger partial charge >= 0.3 is 0 Å². The van der Waals surface area contributed by atoms with E-state index < -0.39 is 0 Å². The van der Waals surface area contributed by atoms with E-state index >= 15 is 0 Å². The Morgan fingerprint density at radius 2 is 1.93 bits per heavy atom. The number of rotatable bonds is 8. The van der Waals surface area contributed by atoms with Crippen LogP contribution >= 0.6 is 11.6 Å². The molecule has 3 rings (SSSR count). The van der Waals surface area contributed by atoms with Crippen LogP contribution in [-0.4, -0.2) is 51.4 Å². The monoisotopic (exact) mass is 390 g/mol. The fourth-order valence-corrected chi connectivity index (χ4v) is 3.18. The zero-order valence-corrected chi connectivity index (χ0v) is 16.7. The maximum atomic E-state index is 5.92. The Kier molecular flexibility index (Phi) is 7.35. The number of ether oxygens (including phenoxy) is 3. The van der Waals surface area contributed by atoms with Gasteiger partial charge in [0.1, 0.15) is 6.61 Å². The van der Waals surface area contributed by atoms with Gasteiger partial charge < -0.3 is 24.4 Å². The molecule has 0 aliphatic carbocycles. The van der Waals surface area contributed by atoms with Crippen LogP contribution in [-0.2, 0) is 17.9 Å². The SMILES string of the molecule is COc1cc(CNCC2CN(C)CCO2)ccc1OCc1ccc(Cl)cc1. The second-order valence-electron chi connectivity index (χ2n) is 6.79. The summed E-state index contributed by atoms with van der Waals surface area (Å²) < 4.78 is 17.2. The van der Waals surface area contributed by atoms with Crippen molar-refractivity contribution in [2.24, 2.45) is 0 Å². The third kappa shape index (κ3) is 6.11. The second kappa shape index (κ2) is 9.95. The Morgan fingerprint density at radius 1 is 1.15 bits per heavy atom. The average Bonchev–Trinajstić information content (AvgIpc) is 2.68. The van der Waals surface area contributed by atoms with Crippen LogP contribution in [0.15, 0.2) is 42.5 Å². The minimum Gasteiger partial charge on any atom is -0.493 e. The highest BCUT2D eigenvalue weighted by Crippen LogP contribution is 2.29. The zero-order chi connectivity index (χ0) is 19.1. The number of hydrogen-bond donors (Lipinski definition) is 1. The van der Waals surface area contributed by atoms with Gasteiger partial charge in [-0.15, -0.1) is 0 Å². The molecule has 2 aromatic rings. The molecule has 1 atom stereocenters. The molecule has 1 fully saturated rings. The minimum absolute atomic E-state index is 0.243. The van der Waals surface area contributed by atoms with Gasteiger partial charge in [0.2, 0.25) is 0 Å². The van der Waals surface area contributed by atoms with E-state index in [2.05, 4.69) is 23.3 Å². The molecule has 146 valence electrons. The van der Waals surface area contributed by atoms with Gasteiger partial charge in [-0.3, -0.25) is 0 Å². The number of halogens is 1.